The highest BCUT2D eigenvalue weighted by Gasteiger charge is 2.14. The molecule has 0 aromatic carbocycles. The van der Waals surface area contributed by atoms with E-state index >= 15 is 0 Å². The number of carbonyl (C=O) groups is 1. The van der Waals surface area contributed by atoms with Crippen molar-refractivity contribution >= 4 is 5.91 Å². The van der Waals surface area contributed by atoms with Crippen molar-refractivity contribution in [1.29, 1.82) is 0 Å². The van der Waals surface area contributed by atoms with Crippen LogP contribution in [0.15, 0.2) is 12.2 Å². The van der Waals surface area contributed by atoms with Gasteiger partial charge in [0.25, 0.3) is 0 Å². The average molecular weight is 225 g/mol. The molecule has 16 heavy (non-hydrogen) atoms. The van der Waals surface area contributed by atoms with Crippen LogP contribution in [0.2, 0.25) is 0 Å². The quantitative estimate of drug-likeness (QED) is 0.578. The summed E-state index contributed by atoms with van der Waals surface area (Å²) >= 11 is 0. The smallest absolute Gasteiger partial charge is 0.223 e. The Kier molecular flexibility index (Phi) is 8.97. The Labute approximate surface area is 101 Å². The largest absolute Gasteiger partial charge is 0.343 e. The number of nitrogens with zero attached hydrogens (tertiary/aromatic N) is 1. The van der Waals surface area contributed by atoms with E-state index < -0.39 is 0 Å². The molecule has 0 saturated heterocycles. The molecule has 2 nitrogen and oxygen atoms in total. The van der Waals surface area contributed by atoms with Crippen molar-refractivity contribution in [2.45, 2.75) is 53.4 Å². The molecule has 0 bridgehead atoms. The van der Waals surface area contributed by atoms with Crippen LogP contribution in [-0.2, 0) is 4.79 Å². The molecule has 0 fully saturated rings. The lowest BCUT2D eigenvalue weighted by molar-refractivity contribution is -0.131. The van der Waals surface area contributed by atoms with Crippen molar-refractivity contribution in [3.05, 3.63) is 12.2 Å². The summed E-state index contributed by atoms with van der Waals surface area (Å²) in [5.74, 6) is 0.724. The standard InChI is InChI=1S/C14H27NO/c1-5-9-11-13(10-6-2)12-14(16)15(7-3)8-4/h6,10,13H,5,7-9,11-12H2,1-4H3. The first kappa shape index (κ1) is 15.2. The van der Waals surface area contributed by atoms with E-state index in [9.17, 15) is 4.79 Å². The summed E-state index contributed by atoms with van der Waals surface area (Å²) in [4.78, 5) is 13.9. The monoisotopic (exact) mass is 225 g/mol. The van der Waals surface area contributed by atoms with Crippen LogP contribution < -0.4 is 0 Å². The summed E-state index contributed by atoms with van der Waals surface area (Å²) in [6.45, 7) is 9.95. The van der Waals surface area contributed by atoms with E-state index in [1.54, 1.807) is 0 Å². The van der Waals surface area contributed by atoms with E-state index in [-0.39, 0.29) is 0 Å². The van der Waals surface area contributed by atoms with E-state index in [1.807, 2.05) is 25.7 Å². The third-order valence-corrected chi connectivity index (χ3v) is 2.95. The highest BCUT2D eigenvalue weighted by atomic mass is 16.2. The molecule has 0 aliphatic rings. The summed E-state index contributed by atoms with van der Waals surface area (Å²) in [6.07, 6.45) is 8.46. The first-order valence-electron chi connectivity index (χ1n) is 6.60. The Hall–Kier alpha value is -0.790. The van der Waals surface area contributed by atoms with Gasteiger partial charge < -0.3 is 4.90 Å². The summed E-state index contributed by atoms with van der Waals surface area (Å²) in [5.41, 5.74) is 0. The fourth-order valence-electron chi connectivity index (χ4n) is 1.93. The normalized spacial score (nSPS) is 13.0. The van der Waals surface area contributed by atoms with Gasteiger partial charge in [-0.25, -0.2) is 0 Å². The van der Waals surface area contributed by atoms with Crippen LogP contribution in [0.4, 0.5) is 0 Å². The van der Waals surface area contributed by atoms with Gasteiger partial charge in [-0.3, -0.25) is 4.79 Å². The molecule has 1 unspecified atom stereocenters. The molecule has 0 heterocycles. The lowest BCUT2D eigenvalue weighted by atomic mass is 9.97. The van der Waals surface area contributed by atoms with Crippen molar-refractivity contribution in [1.82, 2.24) is 4.90 Å². The van der Waals surface area contributed by atoms with Crippen molar-refractivity contribution in [2.75, 3.05) is 13.1 Å². The molecule has 1 atom stereocenters. The van der Waals surface area contributed by atoms with Gasteiger partial charge in [0.2, 0.25) is 5.91 Å². The van der Waals surface area contributed by atoms with Gasteiger partial charge in [-0.05, 0) is 33.1 Å². The van der Waals surface area contributed by atoms with Crippen LogP contribution in [0.1, 0.15) is 53.4 Å². The van der Waals surface area contributed by atoms with Crippen LogP contribution in [-0.4, -0.2) is 23.9 Å². The van der Waals surface area contributed by atoms with Gasteiger partial charge in [-0.15, -0.1) is 0 Å². The molecule has 0 aromatic heterocycles. The highest BCUT2D eigenvalue weighted by molar-refractivity contribution is 5.76. The van der Waals surface area contributed by atoms with Crippen molar-refractivity contribution in [2.24, 2.45) is 5.92 Å². The van der Waals surface area contributed by atoms with Gasteiger partial charge in [0, 0.05) is 19.5 Å². The molecule has 0 aromatic rings. The predicted molar refractivity (Wildman–Crippen MR) is 70.4 cm³/mol. The summed E-state index contributed by atoms with van der Waals surface area (Å²) in [7, 11) is 0. The second-order valence-corrected chi connectivity index (χ2v) is 4.20. The van der Waals surface area contributed by atoms with Crippen LogP contribution in [0.5, 0.6) is 0 Å². The molecule has 94 valence electrons. The fraction of sp³-hybridized carbons (Fsp3) is 0.786. The van der Waals surface area contributed by atoms with Crippen LogP contribution >= 0.6 is 0 Å². The van der Waals surface area contributed by atoms with Crippen molar-refractivity contribution in [3.63, 3.8) is 0 Å². The Morgan fingerprint density at radius 2 is 1.88 bits per heavy atom. The van der Waals surface area contributed by atoms with Gasteiger partial charge >= 0.3 is 0 Å². The first-order chi connectivity index (χ1) is 7.69. The van der Waals surface area contributed by atoms with Crippen LogP contribution in [0.25, 0.3) is 0 Å². The predicted octanol–water partition coefficient (Wildman–Crippen LogP) is 3.63. The van der Waals surface area contributed by atoms with E-state index in [2.05, 4.69) is 19.1 Å². The molecule has 0 saturated carbocycles. The van der Waals surface area contributed by atoms with Crippen LogP contribution in [0, 0.1) is 5.92 Å². The van der Waals surface area contributed by atoms with Gasteiger partial charge in [0.15, 0.2) is 0 Å². The SMILES string of the molecule is CC=CC(CCCC)CC(=O)N(CC)CC. The Bertz CT molecular complexity index is 207. The van der Waals surface area contributed by atoms with E-state index in [0.29, 0.717) is 18.2 Å². The zero-order valence-corrected chi connectivity index (χ0v) is 11.3. The Morgan fingerprint density at radius 1 is 1.25 bits per heavy atom. The number of allylic oxidation sites excluding steroid dienone is 2. The maximum Gasteiger partial charge on any atom is 0.223 e. The lowest BCUT2D eigenvalue weighted by Gasteiger charge is -2.21. The molecule has 0 radical (unpaired) electrons. The lowest BCUT2D eigenvalue weighted by Crippen LogP contribution is -2.31. The highest BCUT2D eigenvalue weighted by Crippen LogP contribution is 2.16. The summed E-state index contributed by atoms with van der Waals surface area (Å²) in [5, 5.41) is 0. The number of unbranched alkanes of at least 4 members (excludes halogenated alkanes) is 1. The van der Waals surface area contributed by atoms with Gasteiger partial charge in [0.1, 0.15) is 0 Å². The topological polar surface area (TPSA) is 20.3 Å². The Balaban J connectivity index is 4.20. The zero-order chi connectivity index (χ0) is 12.4. The van der Waals surface area contributed by atoms with Crippen molar-refractivity contribution in [3.8, 4) is 0 Å². The molecule has 0 rings (SSSR count). The maximum absolute atomic E-state index is 11.9. The third-order valence-electron chi connectivity index (χ3n) is 2.95. The molecule has 0 spiro atoms. The molecule has 0 aliphatic heterocycles. The minimum Gasteiger partial charge on any atom is -0.343 e. The molecule has 2 heteroatoms. The van der Waals surface area contributed by atoms with Gasteiger partial charge in [-0.2, -0.15) is 0 Å². The number of hydrogen-bond donors (Lipinski definition) is 0. The van der Waals surface area contributed by atoms with Crippen LogP contribution in [0.3, 0.4) is 0 Å². The minimum absolute atomic E-state index is 0.296. The zero-order valence-electron chi connectivity index (χ0n) is 11.3. The molecule has 1 amide bonds. The second-order valence-electron chi connectivity index (χ2n) is 4.20. The van der Waals surface area contributed by atoms with E-state index in [1.165, 1.54) is 12.8 Å². The first-order valence-corrected chi connectivity index (χ1v) is 6.60. The minimum atomic E-state index is 0.296. The Morgan fingerprint density at radius 3 is 2.31 bits per heavy atom. The number of hydrogen-bond acceptors (Lipinski definition) is 1. The number of carbonyl (C=O) groups excluding carboxylic acids is 1. The van der Waals surface area contributed by atoms with Gasteiger partial charge in [0.05, 0.1) is 0 Å². The fourth-order valence-corrected chi connectivity index (χ4v) is 1.93. The molecular weight excluding hydrogens is 198 g/mol. The average Bonchev–Trinajstić information content (AvgIpc) is 2.28. The molecular formula is C14H27NO. The molecule has 0 aliphatic carbocycles. The third kappa shape index (κ3) is 5.94. The summed E-state index contributed by atoms with van der Waals surface area (Å²) in [6, 6.07) is 0. The maximum atomic E-state index is 11.9. The van der Waals surface area contributed by atoms with Gasteiger partial charge in [-0.1, -0.05) is 31.9 Å². The van der Waals surface area contributed by atoms with E-state index in [4.69, 9.17) is 0 Å². The van der Waals surface area contributed by atoms with Crippen molar-refractivity contribution < 1.29 is 4.79 Å². The number of amides is 1. The van der Waals surface area contributed by atoms with E-state index in [0.717, 1.165) is 19.5 Å². The summed E-state index contributed by atoms with van der Waals surface area (Å²) < 4.78 is 0. The second kappa shape index (κ2) is 9.44. The number of rotatable bonds is 8. The molecule has 0 N–H and O–H groups in total.